The molecule has 1 aliphatic rings. The third-order valence-electron chi connectivity index (χ3n) is 3.41. The topological polar surface area (TPSA) is 38.0 Å². The Bertz CT molecular complexity index is 580. The zero-order valence-corrected chi connectivity index (χ0v) is 11.6. The van der Waals surface area contributed by atoms with Gasteiger partial charge in [0.1, 0.15) is 0 Å². The fourth-order valence-electron chi connectivity index (χ4n) is 2.57. The fourth-order valence-corrected chi connectivity index (χ4v) is 2.97. The molecule has 3 rings (SSSR count). The number of hydrogen-bond donors (Lipinski definition) is 2. The molecule has 0 radical (unpaired) electrons. The molecule has 1 unspecified atom stereocenters. The molecule has 0 saturated heterocycles. The lowest BCUT2D eigenvalue weighted by Gasteiger charge is -2.16. The number of benzene rings is 2. The second-order valence-corrected chi connectivity index (χ2v) is 5.62. The van der Waals surface area contributed by atoms with Crippen LogP contribution in [0.1, 0.15) is 23.6 Å². The van der Waals surface area contributed by atoms with Gasteiger partial charge in [-0.2, -0.15) is 0 Å². The normalized spacial score (nSPS) is 17.5. The van der Waals surface area contributed by atoms with Crippen molar-refractivity contribution in [3.05, 3.63) is 58.1 Å². The van der Waals surface area contributed by atoms with Crippen molar-refractivity contribution in [3.8, 4) is 0 Å². The van der Waals surface area contributed by atoms with Gasteiger partial charge in [0.25, 0.3) is 0 Å². The molecule has 2 aromatic carbocycles. The highest BCUT2D eigenvalue weighted by Gasteiger charge is 2.22. The van der Waals surface area contributed by atoms with E-state index in [0.29, 0.717) is 6.04 Å². The lowest BCUT2D eigenvalue weighted by Crippen LogP contribution is -2.06. The second-order valence-electron chi connectivity index (χ2n) is 4.70. The summed E-state index contributed by atoms with van der Waals surface area (Å²) in [4.78, 5) is 0. The van der Waals surface area contributed by atoms with E-state index < -0.39 is 0 Å². The molecule has 0 aromatic heterocycles. The van der Waals surface area contributed by atoms with Crippen molar-refractivity contribution in [2.24, 2.45) is 0 Å². The number of aryl methyl sites for hydroxylation is 1. The summed E-state index contributed by atoms with van der Waals surface area (Å²) < 4.78 is 1.10. The molecular formula is C15H15BrN2. The maximum absolute atomic E-state index is 5.82. The predicted octanol–water partition coefficient (Wildman–Crippen LogP) is 4.13. The van der Waals surface area contributed by atoms with Gasteiger partial charge in [-0.25, -0.2) is 0 Å². The van der Waals surface area contributed by atoms with Crippen LogP contribution >= 0.6 is 15.9 Å². The Labute approximate surface area is 115 Å². The van der Waals surface area contributed by atoms with Crippen LogP contribution in [0.4, 0.5) is 11.4 Å². The van der Waals surface area contributed by atoms with E-state index in [0.717, 1.165) is 28.7 Å². The van der Waals surface area contributed by atoms with Gasteiger partial charge in [0, 0.05) is 15.8 Å². The Hall–Kier alpha value is -1.48. The highest BCUT2D eigenvalue weighted by Crippen LogP contribution is 2.35. The van der Waals surface area contributed by atoms with E-state index in [1.54, 1.807) is 0 Å². The minimum atomic E-state index is 0.398. The van der Waals surface area contributed by atoms with E-state index >= 15 is 0 Å². The van der Waals surface area contributed by atoms with Crippen LogP contribution in [0.3, 0.4) is 0 Å². The lowest BCUT2D eigenvalue weighted by molar-refractivity contribution is 0.762. The van der Waals surface area contributed by atoms with Crippen molar-refractivity contribution in [2.45, 2.75) is 18.9 Å². The molecule has 2 nitrogen and oxygen atoms in total. The SMILES string of the molecule is Nc1ccc2c(c1)CCC2Nc1cccc(Br)c1. The van der Waals surface area contributed by atoms with Crippen molar-refractivity contribution in [3.63, 3.8) is 0 Å². The molecule has 2 aromatic rings. The van der Waals surface area contributed by atoms with Gasteiger partial charge in [-0.1, -0.05) is 28.1 Å². The first-order chi connectivity index (χ1) is 8.72. The Kier molecular flexibility index (Phi) is 3.00. The second kappa shape index (κ2) is 4.65. The number of nitrogens with one attached hydrogen (secondary N) is 1. The number of rotatable bonds is 2. The van der Waals surface area contributed by atoms with Gasteiger partial charge >= 0.3 is 0 Å². The molecule has 0 saturated carbocycles. The number of anilines is 2. The van der Waals surface area contributed by atoms with Crippen LogP contribution in [0.5, 0.6) is 0 Å². The molecule has 0 aliphatic heterocycles. The monoisotopic (exact) mass is 302 g/mol. The Morgan fingerprint density at radius 2 is 2.06 bits per heavy atom. The lowest BCUT2D eigenvalue weighted by atomic mass is 10.1. The number of halogens is 1. The highest BCUT2D eigenvalue weighted by molar-refractivity contribution is 9.10. The molecule has 0 heterocycles. The molecule has 92 valence electrons. The van der Waals surface area contributed by atoms with Gasteiger partial charge in [0.2, 0.25) is 0 Å². The van der Waals surface area contributed by atoms with Crippen molar-refractivity contribution in [1.82, 2.24) is 0 Å². The first kappa shape index (κ1) is 11.6. The molecule has 0 spiro atoms. The van der Waals surface area contributed by atoms with E-state index in [1.807, 2.05) is 18.2 Å². The van der Waals surface area contributed by atoms with Crippen LogP contribution < -0.4 is 11.1 Å². The van der Waals surface area contributed by atoms with Crippen LogP contribution in [-0.2, 0) is 6.42 Å². The largest absolute Gasteiger partial charge is 0.399 e. The summed E-state index contributed by atoms with van der Waals surface area (Å²) in [5, 5.41) is 3.59. The van der Waals surface area contributed by atoms with E-state index in [2.05, 4.69) is 45.5 Å². The third-order valence-corrected chi connectivity index (χ3v) is 3.90. The first-order valence-electron chi connectivity index (χ1n) is 6.13. The summed E-state index contributed by atoms with van der Waals surface area (Å²) in [5.74, 6) is 0. The van der Waals surface area contributed by atoms with E-state index in [9.17, 15) is 0 Å². The Morgan fingerprint density at radius 3 is 2.89 bits per heavy atom. The van der Waals surface area contributed by atoms with Gasteiger partial charge in [-0.15, -0.1) is 0 Å². The van der Waals surface area contributed by atoms with Gasteiger partial charge in [0.15, 0.2) is 0 Å². The maximum atomic E-state index is 5.82. The van der Waals surface area contributed by atoms with Crippen LogP contribution in [0.2, 0.25) is 0 Å². The average molecular weight is 303 g/mol. The third kappa shape index (κ3) is 2.23. The van der Waals surface area contributed by atoms with E-state index in [-0.39, 0.29) is 0 Å². The Balaban J connectivity index is 1.85. The number of nitrogens with two attached hydrogens (primary N) is 1. The summed E-state index contributed by atoms with van der Waals surface area (Å²) in [6.45, 7) is 0. The average Bonchev–Trinajstić information content (AvgIpc) is 2.72. The predicted molar refractivity (Wildman–Crippen MR) is 79.7 cm³/mol. The van der Waals surface area contributed by atoms with E-state index in [1.165, 1.54) is 11.1 Å². The van der Waals surface area contributed by atoms with Crippen molar-refractivity contribution < 1.29 is 0 Å². The van der Waals surface area contributed by atoms with Gasteiger partial charge < -0.3 is 11.1 Å². The first-order valence-corrected chi connectivity index (χ1v) is 6.92. The van der Waals surface area contributed by atoms with Crippen LogP contribution in [-0.4, -0.2) is 0 Å². The van der Waals surface area contributed by atoms with Gasteiger partial charge in [-0.05, 0) is 54.3 Å². The van der Waals surface area contributed by atoms with Gasteiger partial charge in [0.05, 0.1) is 6.04 Å². The maximum Gasteiger partial charge on any atom is 0.0519 e. The molecular weight excluding hydrogens is 288 g/mol. The molecule has 3 N–H and O–H groups in total. The Morgan fingerprint density at radius 1 is 1.17 bits per heavy atom. The molecule has 0 bridgehead atoms. The highest BCUT2D eigenvalue weighted by atomic mass is 79.9. The zero-order valence-electron chi connectivity index (χ0n) is 9.99. The number of fused-ring (bicyclic) bond motifs is 1. The minimum absolute atomic E-state index is 0.398. The molecule has 18 heavy (non-hydrogen) atoms. The summed E-state index contributed by atoms with van der Waals surface area (Å²) in [6, 6.07) is 14.9. The fraction of sp³-hybridized carbons (Fsp3) is 0.200. The van der Waals surface area contributed by atoms with Crippen LogP contribution in [0, 0.1) is 0 Å². The van der Waals surface area contributed by atoms with Crippen molar-refractivity contribution in [2.75, 3.05) is 11.1 Å². The molecule has 1 atom stereocenters. The summed E-state index contributed by atoms with van der Waals surface area (Å²) in [7, 11) is 0. The van der Waals surface area contributed by atoms with Crippen molar-refractivity contribution >= 4 is 27.3 Å². The summed E-state index contributed by atoms with van der Waals surface area (Å²) in [5.41, 5.74) is 10.6. The summed E-state index contributed by atoms with van der Waals surface area (Å²) >= 11 is 3.50. The van der Waals surface area contributed by atoms with Gasteiger partial charge in [-0.3, -0.25) is 0 Å². The minimum Gasteiger partial charge on any atom is -0.399 e. The standard InChI is InChI=1S/C15H15BrN2/c16-11-2-1-3-13(9-11)18-15-7-4-10-8-12(17)5-6-14(10)15/h1-3,5-6,8-9,15,18H,4,7,17H2. The van der Waals surface area contributed by atoms with E-state index in [4.69, 9.17) is 5.73 Å². The quantitative estimate of drug-likeness (QED) is 0.819. The molecule has 0 fully saturated rings. The zero-order chi connectivity index (χ0) is 12.5. The molecule has 1 aliphatic carbocycles. The van der Waals surface area contributed by atoms with Crippen LogP contribution in [0.15, 0.2) is 46.9 Å². The summed E-state index contributed by atoms with van der Waals surface area (Å²) in [6.07, 6.45) is 2.23. The smallest absolute Gasteiger partial charge is 0.0519 e. The van der Waals surface area contributed by atoms with Crippen LogP contribution in [0.25, 0.3) is 0 Å². The molecule has 3 heteroatoms. The van der Waals surface area contributed by atoms with Crippen molar-refractivity contribution in [1.29, 1.82) is 0 Å². The number of hydrogen-bond acceptors (Lipinski definition) is 2. The number of nitrogen functional groups attached to an aromatic ring is 1. The molecule has 0 amide bonds.